The van der Waals surface area contributed by atoms with Gasteiger partial charge in [0.25, 0.3) is 0 Å². The zero-order valence-corrected chi connectivity index (χ0v) is 12.1. The second-order valence-corrected chi connectivity index (χ2v) is 6.47. The number of allylic oxidation sites excluding steroid dienone is 2. The summed E-state index contributed by atoms with van der Waals surface area (Å²) in [4.78, 5) is 10.6. The van der Waals surface area contributed by atoms with Gasteiger partial charge >= 0.3 is 5.97 Å². The fourth-order valence-electron chi connectivity index (χ4n) is 3.52. The van der Waals surface area contributed by atoms with E-state index in [4.69, 9.17) is 9.84 Å². The number of fused-ring (bicyclic) bond motifs is 2. The van der Waals surface area contributed by atoms with Crippen LogP contribution in [-0.2, 0) is 9.53 Å². The molecule has 0 amide bonds. The van der Waals surface area contributed by atoms with E-state index in [1.165, 1.54) is 0 Å². The minimum atomic E-state index is -1.22. The molecule has 3 N–H and O–H groups in total. The molecule has 2 aliphatic rings. The summed E-state index contributed by atoms with van der Waals surface area (Å²) in [5.74, 6) is -1.02. The summed E-state index contributed by atoms with van der Waals surface area (Å²) in [7, 11) is 0. The average molecular weight is 282 g/mol. The molecule has 2 unspecified atom stereocenters. The third kappa shape index (κ3) is 2.20. The van der Waals surface area contributed by atoms with Crippen LogP contribution in [0.5, 0.6) is 0 Å². The molecule has 1 aliphatic carbocycles. The van der Waals surface area contributed by atoms with Crippen molar-refractivity contribution in [3.63, 3.8) is 0 Å². The van der Waals surface area contributed by atoms with Crippen LogP contribution in [0.1, 0.15) is 33.6 Å². The lowest BCUT2D eigenvalue weighted by Crippen LogP contribution is -2.60. The molecular formula is C15H22O5. The highest BCUT2D eigenvalue weighted by molar-refractivity contribution is 5.81. The normalized spacial score (nSPS) is 45.0. The molecule has 4 atom stereocenters. The number of carboxylic acids is 1. The lowest BCUT2D eigenvalue weighted by molar-refractivity contribution is -0.150. The van der Waals surface area contributed by atoms with Crippen LogP contribution < -0.4 is 0 Å². The first-order valence-electron chi connectivity index (χ1n) is 6.77. The monoisotopic (exact) mass is 282 g/mol. The zero-order valence-electron chi connectivity index (χ0n) is 12.1. The Morgan fingerprint density at radius 2 is 2.00 bits per heavy atom. The van der Waals surface area contributed by atoms with Gasteiger partial charge in [-0.2, -0.15) is 0 Å². The highest BCUT2D eigenvalue weighted by Gasteiger charge is 2.67. The van der Waals surface area contributed by atoms with Crippen molar-refractivity contribution >= 4 is 5.97 Å². The second kappa shape index (κ2) is 4.69. The van der Waals surface area contributed by atoms with E-state index >= 15 is 0 Å². The van der Waals surface area contributed by atoms with Crippen molar-refractivity contribution in [2.75, 3.05) is 6.61 Å². The standard InChI is InChI=1S/C15H22O5/c1-10(6-12(17)18)4-5-15(19)13(2)7-11(16)8-14(15,3)20-9-13/h4-6,11,16,19H,7-9H2,1-3H3,(H,17,18)/b5-4+,10-6-/t11?,13-,14?,15-/m1/s1. The Labute approximate surface area is 118 Å². The summed E-state index contributed by atoms with van der Waals surface area (Å²) in [5.41, 5.74) is -2.09. The maximum Gasteiger partial charge on any atom is 0.328 e. The number of carbonyl (C=O) groups is 1. The van der Waals surface area contributed by atoms with Crippen molar-refractivity contribution in [2.45, 2.75) is 50.9 Å². The molecule has 20 heavy (non-hydrogen) atoms. The van der Waals surface area contributed by atoms with Crippen molar-refractivity contribution < 1.29 is 24.9 Å². The second-order valence-electron chi connectivity index (χ2n) is 6.47. The smallest absolute Gasteiger partial charge is 0.328 e. The molecule has 0 radical (unpaired) electrons. The van der Waals surface area contributed by atoms with Gasteiger partial charge in [-0.15, -0.1) is 0 Å². The van der Waals surface area contributed by atoms with E-state index in [1.807, 2.05) is 6.92 Å². The van der Waals surface area contributed by atoms with E-state index in [0.717, 1.165) is 6.08 Å². The summed E-state index contributed by atoms with van der Waals surface area (Å²) in [5, 5.41) is 29.7. The number of aliphatic carboxylic acids is 1. The fraction of sp³-hybridized carbons (Fsp3) is 0.667. The van der Waals surface area contributed by atoms with E-state index in [-0.39, 0.29) is 0 Å². The predicted molar refractivity (Wildman–Crippen MR) is 73.2 cm³/mol. The Hall–Kier alpha value is -1.17. The SMILES string of the molecule is CC(=C/C(=O)O)/C=C/[C@]1(O)C2(C)CC(O)C[C@]1(C)CO2. The van der Waals surface area contributed by atoms with Crippen molar-refractivity contribution in [3.05, 3.63) is 23.8 Å². The first-order chi connectivity index (χ1) is 9.12. The largest absolute Gasteiger partial charge is 0.478 e. The molecule has 2 bridgehead atoms. The molecule has 1 heterocycles. The topological polar surface area (TPSA) is 87.0 Å². The molecule has 1 saturated carbocycles. The van der Waals surface area contributed by atoms with Crippen LogP contribution in [0.4, 0.5) is 0 Å². The van der Waals surface area contributed by atoms with Crippen LogP contribution >= 0.6 is 0 Å². The third-order valence-corrected chi connectivity index (χ3v) is 4.69. The number of rotatable bonds is 3. The van der Waals surface area contributed by atoms with Gasteiger partial charge < -0.3 is 20.1 Å². The van der Waals surface area contributed by atoms with E-state index in [2.05, 4.69) is 0 Å². The maximum atomic E-state index is 11.1. The van der Waals surface area contributed by atoms with Crippen LogP contribution in [0, 0.1) is 5.41 Å². The molecular weight excluding hydrogens is 260 g/mol. The predicted octanol–water partition coefficient (Wildman–Crippen LogP) is 1.25. The van der Waals surface area contributed by atoms with Crippen LogP contribution in [-0.4, -0.2) is 45.2 Å². The first kappa shape index (κ1) is 15.2. The molecule has 0 aromatic heterocycles. The molecule has 112 valence electrons. The van der Waals surface area contributed by atoms with Crippen molar-refractivity contribution in [1.82, 2.24) is 0 Å². The summed E-state index contributed by atoms with van der Waals surface area (Å²) < 4.78 is 5.77. The molecule has 0 aromatic carbocycles. The average Bonchev–Trinajstić information content (AvgIpc) is 2.43. The lowest BCUT2D eigenvalue weighted by atomic mass is 9.59. The number of aliphatic hydroxyl groups is 2. The Bertz CT molecular complexity index is 461. The quantitative estimate of drug-likeness (QED) is 0.536. The van der Waals surface area contributed by atoms with Crippen molar-refractivity contribution in [1.29, 1.82) is 0 Å². The van der Waals surface area contributed by atoms with Gasteiger partial charge in [0.15, 0.2) is 0 Å². The Morgan fingerprint density at radius 3 is 2.55 bits per heavy atom. The molecule has 2 rings (SSSR count). The molecule has 5 nitrogen and oxygen atoms in total. The van der Waals surface area contributed by atoms with Crippen LogP contribution in [0.25, 0.3) is 0 Å². The number of hydrogen-bond acceptors (Lipinski definition) is 4. The molecule has 1 saturated heterocycles. The fourth-order valence-corrected chi connectivity index (χ4v) is 3.52. The van der Waals surface area contributed by atoms with E-state index in [9.17, 15) is 15.0 Å². The maximum absolute atomic E-state index is 11.1. The van der Waals surface area contributed by atoms with Crippen LogP contribution in [0.15, 0.2) is 23.8 Å². The minimum Gasteiger partial charge on any atom is -0.478 e. The van der Waals surface area contributed by atoms with Crippen molar-refractivity contribution in [3.8, 4) is 0 Å². The Balaban J connectivity index is 2.34. The van der Waals surface area contributed by atoms with E-state index < -0.39 is 28.7 Å². The molecule has 0 spiro atoms. The number of carboxylic acid groups (broad SMARTS) is 1. The first-order valence-corrected chi connectivity index (χ1v) is 6.77. The number of hydrogen-bond donors (Lipinski definition) is 3. The summed E-state index contributed by atoms with van der Waals surface area (Å²) in [6.07, 6.45) is 4.66. The molecule has 1 aliphatic heterocycles. The highest BCUT2D eigenvalue weighted by Crippen LogP contribution is 2.57. The van der Waals surface area contributed by atoms with E-state index in [0.29, 0.717) is 25.0 Å². The highest BCUT2D eigenvalue weighted by atomic mass is 16.5. The van der Waals surface area contributed by atoms with Gasteiger partial charge in [-0.3, -0.25) is 0 Å². The van der Waals surface area contributed by atoms with Gasteiger partial charge in [-0.25, -0.2) is 4.79 Å². The van der Waals surface area contributed by atoms with Crippen LogP contribution in [0.2, 0.25) is 0 Å². The van der Waals surface area contributed by atoms with Gasteiger partial charge in [0.2, 0.25) is 0 Å². The van der Waals surface area contributed by atoms with Gasteiger partial charge in [-0.05, 0) is 31.9 Å². The Morgan fingerprint density at radius 1 is 1.35 bits per heavy atom. The minimum absolute atomic E-state index is 0.366. The summed E-state index contributed by atoms with van der Waals surface area (Å²) in [6.45, 7) is 5.73. The van der Waals surface area contributed by atoms with Gasteiger partial charge in [0, 0.05) is 17.9 Å². The summed E-state index contributed by atoms with van der Waals surface area (Å²) >= 11 is 0. The molecule has 2 fully saturated rings. The summed E-state index contributed by atoms with van der Waals surface area (Å²) in [6, 6.07) is 0. The van der Waals surface area contributed by atoms with Gasteiger partial charge in [0.05, 0.1) is 12.7 Å². The van der Waals surface area contributed by atoms with E-state index in [1.54, 1.807) is 26.0 Å². The van der Waals surface area contributed by atoms with Gasteiger partial charge in [0.1, 0.15) is 11.2 Å². The zero-order chi connectivity index (χ0) is 15.2. The Kier molecular flexibility index (Phi) is 3.57. The molecule has 5 heteroatoms. The van der Waals surface area contributed by atoms with Gasteiger partial charge in [-0.1, -0.05) is 13.0 Å². The molecule has 0 aromatic rings. The number of aliphatic hydroxyl groups excluding tert-OH is 1. The lowest BCUT2D eigenvalue weighted by Gasteiger charge is -2.49. The van der Waals surface area contributed by atoms with Crippen LogP contribution in [0.3, 0.4) is 0 Å². The van der Waals surface area contributed by atoms with Crippen molar-refractivity contribution in [2.24, 2.45) is 5.41 Å². The third-order valence-electron chi connectivity index (χ3n) is 4.69. The number of ether oxygens (including phenoxy) is 1.